The normalized spacial score (nSPS) is 11.4. The Balaban J connectivity index is 2.41. The van der Waals surface area contributed by atoms with Gasteiger partial charge in [-0.25, -0.2) is 18.4 Å². The highest BCUT2D eigenvalue weighted by Crippen LogP contribution is 2.29. The van der Waals surface area contributed by atoms with Crippen LogP contribution in [0.1, 0.15) is 11.4 Å². The summed E-state index contributed by atoms with van der Waals surface area (Å²) in [7, 11) is -2.35. The molecule has 0 saturated heterocycles. The molecule has 0 atom stereocenters. The monoisotopic (exact) mass is 333 g/mol. The number of nitrogens with one attached hydrogen (secondary N) is 1. The van der Waals surface area contributed by atoms with Crippen molar-refractivity contribution in [3.63, 3.8) is 0 Å². The lowest BCUT2D eigenvalue weighted by Gasteiger charge is -2.11. The Kier molecular flexibility index (Phi) is 4.17. The van der Waals surface area contributed by atoms with Crippen LogP contribution in [0.5, 0.6) is 5.88 Å². The fourth-order valence-electron chi connectivity index (χ4n) is 1.41. The minimum absolute atomic E-state index is 0.0557. The number of anilines is 1. The SMILES string of the molecule is COc1nc(C)c(C)nc1NS(=O)(=O)c1ccc(Cl)s1. The summed E-state index contributed by atoms with van der Waals surface area (Å²) in [6, 6.07) is 2.94. The average Bonchev–Trinajstić information content (AvgIpc) is 2.81. The maximum Gasteiger partial charge on any atom is 0.272 e. The predicted octanol–water partition coefficient (Wildman–Crippen LogP) is 2.62. The first-order valence-electron chi connectivity index (χ1n) is 5.51. The molecule has 0 aliphatic rings. The van der Waals surface area contributed by atoms with Gasteiger partial charge in [0.25, 0.3) is 15.9 Å². The molecule has 0 fully saturated rings. The Hall–Kier alpha value is -1.38. The number of aryl methyl sites for hydroxylation is 2. The molecule has 9 heteroatoms. The highest BCUT2D eigenvalue weighted by Gasteiger charge is 2.21. The zero-order chi connectivity index (χ0) is 14.9. The third-order valence-corrected chi connectivity index (χ3v) is 5.57. The first-order valence-corrected chi connectivity index (χ1v) is 8.18. The quantitative estimate of drug-likeness (QED) is 0.930. The number of thiophene rings is 1. The van der Waals surface area contributed by atoms with E-state index >= 15 is 0 Å². The Morgan fingerprint density at radius 3 is 2.45 bits per heavy atom. The van der Waals surface area contributed by atoms with Gasteiger partial charge in [-0.15, -0.1) is 11.3 Å². The van der Waals surface area contributed by atoms with Crippen molar-refractivity contribution in [3.8, 4) is 5.88 Å². The standard InChI is InChI=1S/C11H12ClN3O3S2/c1-6-7(2)14-11(18-3)10(13-6)15-20(16,17)9-5-4-8(12)19-9/h4-5H,1-3H3,(H,13,15). The minimum atomic E-state index is -3.75. The van der Waals surface area contributed by atoms with Crippen LogP contribution in [0.25, 0.3) is 0 Å². The van der Waals surface area contributed by atoms with E-state index in [1.807, 2.05) is 0 Å². The summed E-state index contributed by atoms with van der Waals surface area (Å²) in [5.41, 5.74) is 1.29. The maximum atomic E-state index is 12.2. The highest BCUT2D eigenvalue weighted by atomic mass is 35.5. The van der Waals surface area contributed by atoms with E-state index in [2.05, 4.69) is 14.7 Å². The maximum absolute atomic E-state index is 12.2. The Morgan fingerprint density at radius 2 is 1.90 bits per heavy atom. The lowest BCUT2D eigenvalue weighted by Crippen LogP contribution is -2.15. The molecule has 2 heterocycles. The molecule has 0 spiro atoms. The Bertz CT molecular complexity index is 743. The van der Waals surface area contributed by atoms with Crippen molar-refractivity contribution >= 4 is 38.8 Å². The fourth-order valence-corrected chi connectivity index (χ4v) is 3.89. The van der Waals surface area contributed by atoms with Gasteiger partial charge in [-0.1, -0.05) is 11.6 Å². The van der Waals surface area contributed by atoms with Crippen LogP contribution in [0.2, 0.25) is 4.34 Å². The van der Waals surface area contributed by atoms with Crippen molar-refractivity contribution in [1.82, 2.24) is 9.97 Å². The number of sulfonamides is 1. The van der Waals surface area contributed by atoms with Crippen LogP contribution in [0, 0.1) is 13.8 Å². The zero-order valence-corrected chi connectivity index (χ0v) is 13.4. The number of nitrogens with zero attached hydrogens (tertiary/aromatic N) is 2. The van der Waals surface area contributed by atoms with Gasteiger partial charge in [0.2, 0.25) is 5.82 Å². The van der Waals surface area contributed by atoms with Gasteiger partial charge in [-0.2, -0.15) is 0 Å². The number of rotatable bonds is 4. The van der Waals surface area contributed by atoms with Crippen molar-refractivity contribution in [2.75, 3.05) is 11.8 Å². The van der Waals surface area contributed by atoms with E-state index in [1.165, 1.54) is 19.2 Å². The molecule has 2 rings (SSSR count). The van der Waals surface area contributed by atoms with Crippen molar-refractivity contribution in [2.24, 2.45) is 0 Å². The van der Waals surface area contributed by atoms with Crippen LogP contribution in [-0.4, -0.2) is 25.5 Å². The molecule has 0 aliphatic carbocycles. The summed E-state index contributed by atoms with van der Waals surface area (Å²) in [6.45, 7) is 3.50. The number of hydrogen-bond donors (Lipinski definition) is 1. The molecule has 20 heavy (non-hydrogen) atoms. The number of aromatic nitrogens is 2. The molecular weight excluding hydrogens is 322 g/mol. The summed E-state index contributed by atoms with van der Waals surface area (Å²) in [5.74, 6) is 0.180. The van der Waals surface area contributed by atoms with E-state index in [9.17, 15) is 8.42 Å². The van der Waals surface area contributed by atoms with E-state index in [0.717, 1.165) is 11.3 Å². The molecule has 6 nitrogen and oxygen atoms in total. The summed E-state index contributed by atoms with van der Waals surface area (Å²) in [4.78, 5) is 8.29. The van der Waals surface area contributed by atoms with Gasteiger partial charge in [-0.3, -0.25) is 4.72 Å². The third-order valence-electron chi connectivity index (χ3n) is 2.51. The Labute approximate surface area is 125 Å². The molecule has 0 unspecified atom stereocenters. The third kappa shape index (κ3) is 3.02. The molecule has 2 aromatic rings. The van der Waals surface area contributed by atoms with Gasteiger partial charge >= 0.3 is 0 Å². The van der Waals surface area contributed by atoms with Crippen LogP contribution < -0.4 is 9.46 Å². The van der Waals surface area contributed by atoms with Crippen LogP contribution in [-0.2, 0) is 10.0 Å². The fraction of sp³-hybridized carbons (Fsp3) is 0.273. The van der Waals surface area contributed by atoms with Crippen LogP contribution in [0.4, 0.5) is 5.82 Å². The summed E-state index contributed by atoms with van der Waals surface area (Å²) in [6.07, 6.45) is 0. The molecule has 0 radical (unpaired) electrons. The molecule has 0 bridgehead atoms. The topological polar surface area (TPSA) is 81.2 Å². The summed E-state index contributed by atoms with van der Waals surface area (Å²) >= 11 is 6.71. The summed E-state index contributed by atoms with van der Waals surface area (Å²) < 4.78 is 32.3. The van der Waals surface area contributed by atoms with Gasteiger partial charge in [0.15, 0.2) is 0 Å². The first-order chi connectivity index (χ1) is 9.33. The highest BCUT2D eigenvalue weighted by molar-refractivity contribution is 7.94. The van der Waals surface area contributed by atoms with Crippen LogP contribution in [0.15, 0.2) is 16.3 Å². The van der Waals surface area contributed by atoms with Crippen LogP contribution >= 0.6 is 22.9 Å². The second kappa shape index (κ2) is 5.55. The molecule has 0 aromatic carbocycles. The number of ether oxygens (including phenoxy) is 1. The van der Waals surface area contributed by atoms with Crippen molar-refractivity contribution in [1.29, 1.82) is 0 Å². The molecular formula is C11H12ClN3O3S2. The second-order valence-electron chi connectivity index (χ2n) is 3.92. The zero-order valence-electron chi connectivity index (χ0n) is 11.0. The van der Waals surface area contributed by atoms with E-state index in [-0.39, 0.29) is 15.9 Å². The van der Waals surface area contributed by atoms with Crippen LogP contribution in [0.3, 0.4) is 0 Å². The molecule has 108 valence electrons. The minimum Gasteiger partial charge on any atom is -0.478 e. The van der Waals surface area contributed by atoms with E-state index in [4.69, 9.17) is 16.3 Å². The van der Waals surface area contributed by atoms with E-state index in [1.54, 1.807) is 13.8 Å². The smallest absolute Gasteiger partial charge is 0.272 e. The van der Waals surface area contributed by atoms with E-state index in [0.29, 0.717) is 15.7 Å². The molecule has 0 saturated carbocycles. The van der Waals surface area contributed by atoms with Gasteiger partial charge in [0.1, 0.15) is 4.21 Å². The molecule has 2 aromatic heterocycles. The largest absolute Gasteiger partial charge is 0.478 e. The van der Waals surface area contributed by atoms with Gasteiger partial charge in [0, 0.05) is 0 Å². The number of methoxy groups -OCH3 is 1. The summed E-state index contributed by atoms with van der Waals surface area (Å²) in [5, 5.41) is 0. The second-order valence-corrected chi connectivity index (χ2v) is 7.54. The van der Waals surface area contributed by atoms with Gasteiger partial charge in [0.05, 0.1) is 22.8 Å². The average molecular weight is 334 g/mol. The predicted molar refractivity (Wildman–Crippen MR) is 78.2 cm³/mol. The Morgan fingerprint density at radius 1 is 1.25 bits per heavy atom. The van der Waals surface area contributed by atoms with Gasteiger partial charge < -0.3 is 4.74 Å². The number of halogens is 1. The van der Waals surface area contributed by atoms with Crippen molar-refractivity contribution in [3.05, 3.63) is 27.9 Å². The van der Waals surface area contributed by atoms with Crippen molar-refractivity contribution in [2.45, 2.75) is 18.1 Å². The number of hydrogen-bond acceptors (Lipinski definition) is 6. The molecule has 0 amide bonds. The van der Waals surface area contributed by atoms with Crippen molar-refractivity contribution < 1.29 is 13.2 Å². The lowest BCUT2D eigenvalue weighted by atomic mass is 10.3. The lowest BCUT2D eigenvalue weighted by molar-refractivity contribution is 0.397. The van der Waals surface area contributed by atoms with Gasteiger partial charge in [-0.05, 0) is 26.0 Å². The van der Waals surface area contributed by atoms with E-state index < -0.39 is 10.0 Å². The first kappa shape index (κ1) is 15.0. The molecule has 1 N–H and O–H groups in total. The molecule has 0 aliphatic heterocycles.